The largest absolute Gasteiger partial charge is 0.364 e. The Labute approximate surface area is 155 Å². The molecule has 1 aromatic heterocycles. The number of anilines is 1. The number of rotatable bonds is 4. The van der Waals surface area contributed by atoms with Crippen molar-refractivity contribution in [1.29, 1.82) is 0 Å². The molecule has 3 rings (SSSR count). The van der Waals surface area contributed by atoms with Gasteiger partial charge in [-0.1, -0.05) is 30.3 Å². The van der Waals surface area contributed by atoms with Crippen LogP contribution in [0, 0.1) is 0 Å². The smallest absolute Gasteiger partial charge is 0.274 e. The highest BCUT2D eigenvalue weighted by atomic mass is 16.2. The molecule has 0 radical (unpaired) electrons. The van der Waals surface area contributed by atoms with E-state index in [9.17, 15) is 4.79 Å². The van der Waals surface area contributed by atoms with Crippen LogP contribution in [0.4, 0.5) is 5.82 Å². The molecule has 0 aliphatic carbocycles. The Bertz CT molecular complexity index is 716. The summed E-state index contributed by atoms with van der Waals surface area (Å²) in [4.78, 5) is 16.9. The molecule has 6 heteroatoms. The van der Waals surface area contributed by atoms with Crippen LogP contribution in [-0.2, 0) is 6.54 Å². The van der Waals surface area contributed by atoms with Gasteiger partial charge in [0.25, 0.3) is 5.91 Å². The third kappa shape index (κ3) is 5.02. The minimum absolute atomic E-state index is 0.0424. The van der Waals surface area contributed by atoms with Gasteiger partial charge in [-0.15, -0.1) is 10.2 Å². The molecule has 1 N–H and O–H groups in total. The first kappa shape index (κ1) is 18.3. The maximum Gasteiger partial charge on any atom is 0.274 e. The standard InChI is InChI=1S/C20H27N5O/c1-20(2,3)21-18-10-9-17(22-23-18)19(26)25-13-11-24(12-14-25)15-16-7-5-4-6-8-16/h4-10H,11-15H2,1-3H3,(H,21,23). The number of carbonyl (C=O) groups is 1. The molecule has 0 unspecified atom stereocenters. The van der Waals surface area contributed by atoms with Crippen molar-refractivity contribution >= 4 is 11.7 Å². The van der Waals surface area contributed by atoms with Crippen LogP contribution < -0.4 is 5.32 Å². The van der Waals surface area contributed by atoms with Crippen LogP contribution in [0.25, 0.3) is 0 Å². The van der Waals surface area contributed by atoms with Crippen molar-refractivity contribution in [3.8, 4) is 0 Å². The zero-order chi connectivity index (χ0) is 18.6. The Kier molecular flexibility index (Phi) is 5.52. The predicted octanol–water partition coefficient (Wildman–Crippen LogP) is 2.65. The summed E-state index contributed by atoms with van der Waals surface area (Å²) in [5.74, 6) is 0.640. The second kappa shape index (κ2) is 7.83. The lowest BCUT2D eigenvalue weighted by Crippen LogP contribution is -2.48. The molecule has 0 saturated carbocycles. The molecule has 2 aromatic rings. The average Bonchev–Trinajstić information content (AvgIpc) is 2.62. The van der Waals surface area contributed by atoms with Gasteiger partial charge < -0.3 is 10.2 Å². The van der Waals surface area contributed by atoms with E-state index in [4.69, 9.17) is 0 Å². The Morgan fingerprint density at radius 1 is 1.00 bits per heavy atom. The number of piperazine rings is 1. The van der Waals surface area contributed by atoms with Gasteiger partial charge in [-0.2, -0.15) is 0 Å². The lowest BCUT2D eigenvalue weighted by molar-refractivity contribution is 0.0621. The molecule has 0 atom stereocenters. The first-order valence-corrected chi connectivity index (χ1v) is 9.08. The molecular weight excluding hydrogens is 326 g/mol. The predicted molar refractivity (Wildman–Crippen MR) is 103 cm³/mol. The third-order valence-electron chi connectivity index (χ3n) is 4.30. The highest BCUT2D eigenvalue weighted by molar-refractivity contribution is 5.92. The van der Waals surface area contributed by atoms with Crippen molar-refractivity contribution in [2.24, 2.45) is 0 Å². The molecule has 0 spiro atoms. The molecule has 1 saturated heterocycles. The summed E-state index contributed by atoms with van der Waals surface area (Å²) in [6, 6.07) is 14.0. The van der Waals surface area contributed by atoms with Crippen molar-refractivity contribution in [3.63, 3.8) is 0 Å². The Morgan fingerprint density at radius 2 is 1.69 bits per heavy atom. The van der Waals surface area contributed by atoms with Crippen LogP contribution in [0.5, 0.6) is 0 Å². The first-order chi connectivity index (χ1) is 12.4. The Morgan fingerprint density at radius 3 is 2.27 bits per heavy atom. The molecule has 6 nitrogen and oxygen atoms in total. The van der Waals surface area contributed by atoms with Gasteiger partial charge >= 0.3 is 0 Å². The van der Waals surface area contributed by atoms with E-state index in [1.807, 2.05) is 17.0 Å². The fourth-order valence-electron chi connectivity index (χ4n) is 3.01. The zero-order valence-electron chi connectivity index (χ0n) is 15.8. The van der Waals surface area contributed by atoms with Gasteiger partial charge in [-0.05, 0) is 38.5 Å². The maximum absolute atomic E-state index is 12.6. The lowest BCUT2D eigenvalue weighted by Gasteiger charge is -2.34. The number of benzene rings is 1. The van der Waals surface area contributed by atoms with Gasteiger partial charge in [0, 0.05) is 38.3 Å². The second-order valence-corrected chi connectivity index (χ2v) is 7.73. The number of aromatic nitrogens is 2. The molecule has 1 fully saturated rings. The van der Waals surface area contributed by atoms with Crippen LogP contribution in [-0.4, -0.2) is 57.6 Å². The van der Waals surface area contributed by atoms with Crippen LogP contribution >= 0.6 is 0 Å². The van der Waals surface area contributed by atoms with Gasteiger partial charge in [-0.25, -0.2) is 0 Å². The molecule has 0 bridgehead atoms. The van der Waals surface area contributed by atoms with Crippen LogP contribution in [0.1, 0.15) is 36.8 Å². The summed E-state index contributed by atoms with van der Waals surface area (Å²) in [6.07, 6.45) is 0. The van der Waals surface area contributed by atoms with Crippen molar-refractivity contribution in [1.82, 2.24) is 20.0 Å². The Hall–Kier alpha value is -2.47. The summed E-state index contributed by atoms with van der Waals surface area (Å²) >= 11 is 0. The quantitative estimate of drug-likeness (QED) is 0.916. The van der Waals surface area contributed by atoms with E-state index in [1.165, 1.54) is 5.56 Å². The summed E-state index contributed by atoms with van der Waals surface area (Å²) in [5.41, 5.74) is 1.62. The van der Waals surface area contributed by atoms with E-state index in [0.29, 0.717) is 11.5 Å². The molecule has 1 aromatic carbocycles. The molecule has 26 heavy (non-hydrogen) atoms. The highest BCUT2D eigenvalue weighted by Crippen LogP contribution is 2.13. The third-order valence-corrected chi connectivity index (χ3v) is 4.30. The molecule has 1 amide bonds. The summed E-state index contributed by atoms with van der Waals surface area (Å²) in [5, 5.41) is 11.5. The summed E-state index contributed by atoms with van der Waals surface area (Å²) in [7, 11) is 0. The van der Waals surface area contributed by atoms with E-state index in [0.717, 1.165) is 32.7 Å². The summed E-state index contributed by atoms with van der Waals surface area (Å²) in [6.45, 7) is 10.3. The SMILES string of the molecule is CC(C)(C)Nc1ccc(C(=O)N2CCN(Cc3ccccc3)CC2)nn1. The van der Waals surface area contributed by atoms with Crippen molar-refractivity contribution < 1.29 is 4.79 Å². The summed E-state index contributed by atoms with van der Waals surface area (Å²) < 4.78 is 0. The van der Waals surface area contributed by atoms with E-state index in [2.05, 4.69) is 65.5 Å². The zero-order valence-corrected chi connectivity index (χ0v) is 15.8. The normalized spacial score (nSPS) is 15.7. The van der Waals surface area contributed by atoms with Gasteiger partial charge in [0.2, 0.25) is 0 Å². The topological polar surface area (TPSA) is 61.4 Å². The molecule has 1 aliphatic heterocycles. The molecule has 138 valence electrons. The maximum atomic E-state index is 12.6. The van der Waals surface area contributed by atoms with Crippen LogP contribution in [0.15, 0.2) is 42.5 Å². The second-order valence-electron chi connectivity index (χ2n) is 7.73. The average molecular weight is 353 g/mol. The number of amides is 1. The van der Waals surface area contributed by atoms with E-state index in [-0.39, 0.29) is 11.4 Å². The van der Waals surface area contributed by atoms with Crippen molar-refractivity contribution in [3.05, 3.63) is 53.7 Å². The van der Waals surface area contributed by atoms with E-state index < -0.39 is 0 Å². The van der Waals surface area contributed by atoms with Gasteiger partial charge in [0.15, 0.2) is 5.69 Å². The van der Waals surface area contributed by atoms with E-state index >= 15 is 0 Å². The van der Waals surface area contributed by atoms with Gasteiger partial charge in [0.05, 0.1) is 0 Å². The number of carbonyl (C=O) groups excluding carboxylic acids is 1. The first-order valence-electron chi connectivity index (χ1n) is 9.08. The van der Waals surface area contributed by atoms with Crippen LogP contribution in [0.3, 0.4) is 0 Å². The van der Waals surface area contributed by atoms with Gasteiger partial charge in [0.1, 0.15) is 5.82 Å². The minimum atomic E-state index is -0.0880. The molecular formula is C20H27N5O. The number of hydrogen-bond donors (Lipinski definition) is 1. The highest BCUT2D eigenvalue weighted by Gasteiger charge is 2.23. The number of hydrogen-bond acceptors (Lipinski definition) is 5. The van der Waals surface area contributed by atoms with Crippen LogP contribution in [0.2, 0.25) is 0 Å². The monoisotopic (exact) mass is 353 g/mol. The minimum Gasteiger partial charge on any atom is -0.364 e. The van der Waals surface area contributed by atoms with Crippen molar-refractivity contribution in [2.45, 2.75) is 32.9 Å². The lowest BCUT2D eigenvalue weighted by atomic mass is 10.1. The Balaban J connectivity index is 1.53. The fourth-order valence-corrected chi connectivity index (χ4v) is 3.01. The van der Waals surface area contributed by atoms with Crippen molar-refractivity contribution in [2.75, 3.05) is 31.5 Å². The number of nitrogens with zero attached hydrogens (tertiary/aromatic N) is 4. The van der Waals surface area contributed by atoms with E-state index in [1.54, 1.807) is 6.07 Å². The van der Waals surface area contributed by atoms with Gasteiger partial charge in [-0.3, -0.25) is 9.69 Å². The molecule has 2 heterocycles. The fraction of sp³-hybridized carbons (Fsp3) is 0.450. The number of nitrogens with one attached hydrogen (secondary N) is 1. The molecule has 1 aliphatic rings.